The molecular weight excluding hydrogens is 238 g/mol. The summed E-state index contributed by atoms with van der Waals surface area (Å²) in [4.78, 5) is 1.90. The Balaban J connectivity index is 1.99. The van der Waals surface area contributed by atoms with E-state index in [4.69, 9.17) is 11.6 Å². The zero-order valence-corrected chi connectivity index (χ0v) is 9.46. The fraction of sp³-hybridized carbons (Fsp3) is 0. The molecule has 0 saturated carbocycles. The Morgan fingerprint density at radius 1 is 0.941 bits per heavy atom. The van der Waals surface area contributed by atoms with E-state index >= 15 is 0 Å². The second-order valence-corrected chi connectivity index (χ2v) is 4.43. The number of aromatic nitrogens is 3. The SMILES string of the molecule is Oc1ccccc1-n1n2c3ccc(Cl)cc3n12. The minimum atomic E-state index is 0.263. The van der Waals surface area contributed by atoms with E-state index in [0.717, 1.165) is 16.7 Å². The molecule has 5 heteroatoms. The van der Waals surface area contributed by atoms with E-state index in [1.807, 2.05) is 44.4 Å². The zero-order chi connectivity index (χ0) is 11.6. The Morgan fingerprint density at radius 2 is 1.71 bits per heavy atom. The summed E-state index contributed by atoms with van der Waals surface area (Å²) in [5.41, 5.74) is 2.92. The lowest BCUT2D eigenvalue weighted by atomic mass is 10.3. The maximum absolute atomic E-state index is 9.80. The third-order valence-electron chi connectivity index (χ3n) is 2.97. The Bertz CT molecular complexity index is 823. The number of hydrogen-bond donors (Lipinski definition) is 1. The first-order valence-corrected chi connectivity index (χ1v) is 5.63. The van der Waals surface area contributed by atoms with Crippen LogP contribution < -0.4 is 0 Å². The minimum Gasteiger partial charge on any atom is -0.506 e. The molecule has 0 atom stereocenters. The normalized spacial score (nSPS) is 12.1. The Kier molecular flexibility index (Phi) is 1.48. The molecule has 2 heterocycles. The smallest absolute Gasteiger partial charge is 0.143 e. The summed E-state index contributed by atoms with van der Waals surface area (Å²) in [6.45, 7) is 0. The van der Waals surface area contributed by atoms with E-state index in [-0.39, 0.29) is 5.75 Å². The number of aromatic hydroxyl groups is 1. The van der Waals surface area contributed by atoms with Gasteiger partial charge in [-0.3, -0.25) is 0 Å². The van der Waals surface area contributed by atoms with Crippen molar-refractivity contribution in [1.29, 1.82) is 0 Å². The van der Waals surface area contributed by atoms with Gasteiger partial charge < -0.3 is 5.11 Å². The van der Waals surface area contributed by atoms with Crippen LogP contribution in [-0.2, 0) is 0 Å². The highest BCUT2D eigenvalue weighted by Gasteiger charge is 2.25. The van der Waals surface area contributed by atoms with Gasteiger partial charge in [-0.1, -0.05) is 23.7 Å². The van der Waals surface area contributed by atoms with E-state index in [1.54, 1.807) is 12.1 Å². The number of nitrogens with zero attached hydrogens (tertiary/aromatic N) is 3. The van der Waals surface area contributed by atoms with Gasteiger partial charge in [-0.25, -0.2) is 0 Å². The van der Waals surface area contributed by atoms with Crippen LogP contribution in [0, 0.1) is 0 Å². The number of rotatable bonds is 1. The Morgan fingerprint density at radius 3 is 2.53 bits per heavy atom. The first-order chi connectivity index (χ1) is 8.27. The van der Waals surface area contributed by atoms with Crippen molar-refractivity contribution >= 4 is 22.6 Å². The van der Waals surface area contributed by atoms with Gasteiger partial charge in [0.05, 0.1) is 0 Å². The van der Waals surface area contributed by atoms with Gasteiger partial charge in [0.15, 0.2) is 0 Å². The topological polar surface area (TPSA) is 34.0 Å². The summed E-state index contributed by atoms with van der Waals surface area (Å²) in [6, 6.07) is 13.0. The molecule has 0 aliphatic rings. The molecule has 0 spiro atoms. The molecule has 0 aliphatic heterocycles. The van der Waals surface area contributed by atoms with Gasteiger partial charge in [-0.05, 0) is 30.3 Å². The van der Waals surface area contributed by atoms with E-state index < -0.39 is 0 Å². The van der Waals surface area contributed by atoms with Crippen LogP contribution in [-0.4, -0.2) is 19.2 Å². The molecule has 0 bridgehead atoms. The molecule has 0 amide bonds. The molecule has 84 valence electrons. The standard InChI is InChI=1S/C12H8ClN3O/c13-8-5-6-9-11(7-8)16-14(9)15(16)10-3-1-2-4-12(10)17/h1-7,17H. The van der Waals surface area contributed by atoms with Crippen molar-refractivity contribution in [2.24, 2.45) is 0 Å². The molecule has 17 heavy (non-hydrogen) atoms. The van der Waals surface area contributed by atoms with Crippen LogP contribution in [0.4, 0.5) is 0 Å². The Labute approximate surface area is 101 Å². The minimum absolute atomic E-state index is 0.263. The third kappa shape index (κ3) is 1.03. The monoisotopic (exact) mass is 245 g/mol. The molecule has 0 radical (unpaired) electrons. The van der Waals surface area contributed by atoms with Gasteiger partial charge in [-0.15, -0.1) is 14.1 Å². The van der Waals surface area contributed by atoms with Crippen molar-refractivity contribution in [3.8, 4) is 11.4 Å². The zero-order valence-electron chi connectivity index (χ0n) is 8.71. The number of para-hydroxylation sites is 2. The number of phenols is 1. The lowest BCUT2D eigenvalue weighted by Crippen LogP contribution is -1.88. The van der Waals surface area contributed by atoms with Gasteiger partial charge in [-0.2, -0.15) is 0 Å². The molecule has 2 aromatic heterocycles. The quantitative estimate of drug-likeness (QED) is 0.550. The third-order valence-corrected chi connectivity index (χ3v) is 3.21. The molecule has 0 unspecified atom stereocenters. The first kappa shape index (κ1) is 9.01. The summed E-state index contributed by atoms with van der Waals surface area (Å²) in [6.07, 6.45) is 0. The number of halogens is 1. The van der Waals surface area contributed by atoms with Gasteiger partial charge >= 0.3 is 0 Å². The molecule has 0 aliphatic carbocycles. The predicted molar refractivity (Wildman–Crippen MR) is 65.5 cm³/mol. The lowest BCUT2D eigenvalue weighted by molar-refractivity contribution is 0.472. The predicted octanol–water partition coefficient (Wildman–Crippen LogP) is 2.78. The average molecular weight is 246 g/mol. The van der Waals surface area contributed by atoms with Gasteiger partial charge in [0.2, 0.25) is 0 Å². The molecular formula is C12H8ClN3O. The van der Waals surface area contributed by atoms with Crippen molar-refractivity contribution in [3.05, 3.63) is 47.5 Å². The second kappa shape index (κ2) is 2.78. The average Bonchev–Trinajstić information content (AvgIpc) is 2.97. The molecule has 4 nitrogen and oxygen atoms in total. The summed E-state index contributed by atoms with van der Waals surface area (Å²) < 4.78 is 3.93. The highest BCUT2D eigenvalue weighted by molar-refractivity contribution is 6.31. The van der Waals surface area contributed by atoms with Gasteiger partial charge in [0.25, 0.3) is 0 Å². The van der Waals surface area contributed by atoms with Crippen LogP contribution in [0.15, 0.2) is 42.5 Å². The van der Waals surface area contributed by atoms with E-state index in [1.165, 1.54) is 0 Å². The van der Waals surface area contributed by atoms with Crippen molar-refractivity contribution in [1.82, 2.24) is 14.1 Å². The molecule has 1 N–H and O–H groups in total. The van der Waals surface area contributed by atoms with Crippen molar-refractivity contribution in [2.45, 2.75) is 0 Å². The fourth-order valence-corrected chi connectivity index (χ4v) is 2.32. The van der Waals surface area contributed by atoms with Gasteiger partial charge in [0, 0.05) is 5.02 Å². The van der Waals surface area contributed by atoms with E-state index in [2.05, 4.69) is 0 Å². The van der Waals surface area contributed by atoms with Crippen molar-refractivity contribution in [3.63, 3.8) is 0 Å². The highest BCUT2D eigenvalue weighted by Crippen LogP contribution is 2.31. The van der Waals surface area contributed by atoms with Crippen LogP contribution in [0.2, 0.25) is 5.02 Å². The van der Waals surface area contributed by atoms with Crippen LogP contribution >= 0.6 is 11.6 Å². The van der Waals surface area contributed by atoms with Crippen LogP contribution in [0.25, 0.3) is 16.7 Å². The van der Waals surface area contributed by atoms with Crippen molar-refractivity contribution < 1.29 is 5.11 Å². The molecule has 2 aromatic carbocycles. The second-order valence-electron chi connectivity index (χ2n) is 3.99. The Hall–Kier alpha value is -2.07. The van der Waals surface area contributed by atoms with Crippen molar-refractivity contribution in [2.75, 3.05) is 0 Å². The lowest BCUT2D eigenvalue weighted by Gasteiger charge is -1.95. The number of benzene rings is 2. The molecule has 0 fully saturated rings. The van der Waals surface area contributed by atoms with E-state index in [0.29, 0.717) is 5.02 Å². The highest BCUT2D eigenvalue weighted by atomic mass is 35.5. The summed E-state index contributed by atoms with van der Waals surface area (Å²) in [7, 11) is 0. The summed E-state index contributed by atoms with van der Waals surface area (Å²) in [5, 5.41) is 10.5. The summed E-state index contributed by atoms with van der Waals surface area (Å²) >= 11 is 5.95. The molecule has 0 saturated heterocycles. The maximum atomic E-state index is 9.80. The van der Waals surface area contributed by atoms with Crippen LogP contribution in [0.5, 0.6) is 5.75 Å². The number of hydrogen-bond acceptors (Lipinski definition) is 1. The molecule has 4 aromatic rings. The van der Waals surface area contributed by atoms with Crippen LogP contribution in [0.3, 0.4) is 0 Å². The largest absolute Gasteiger partial charge is 0.506 e. The maximum Gasteiger partial charge on any atom is 0.143 e. The number of fused-ring (bicyclic) bond motifs is 4. The fourth-order valence-electron chi connectivity index (χ4n) is 2.15. The first-order valence-electron chi connectivity index (χ1n) is 5.25. The van der Waals surface area contributed by atoms with Crippen LogP contribution in [0.1, 0.15) is 0 Å². The number of phenolic OH excluding ortho intramolecular Hbond substituents is 1. The summed E-state index contributed by atoms with van der Waals surface area (Å²) in [5.74, 6) is 0.263. The van der Waals surface area contributed by atoms with E-state index in [9.17, 15) is 5.11 Å². The molecule has 4 rings (SSSR count). The van der Waals surface area contributed by atoms with Gasteiger partial charge in [0.1, 0.15) is 22.5 Å².